The number of ether oxygens (including phenoxy) is 2. The van der Waals surface area contributed by atoms with Gasteiger partial charge in [0.1, 0.15) is 11.4 Å². The first kappa shape index (κ1) is 20.2. The Morgan fingerprint density at radius 2 is 1.74 bits per heavy atom. The second-order valence-electron chi connectivity index (χ2n) is 7.06. The summed E-state index contributed by atoms with van der Waals surface area (Å²) in [6, 6.07) is 20.2. The number of benzene rings is 2. The van der Waals surface area contributed by atoms with Crippen LogP contribution in [0.4, 0.5) is 5.69 Å². The van der Waals surface area contributed by atoms with Crippen LogP contribution in [0.2, 0.25) is 0 Å². The molecule has 1 N–H and O–H groups in total. The summed E-state index contributed by atoms with van der Waals surface area (Å²) in [7, 11) is 0. The minimum atomic E-state index is -0.664. The van der Waals surface area contributed by atoms with Gasteiger partial charge >= 0.3 is 5.97 Å². The topological polar surface area (TPSA) is 81.9 Å². The Morgan fingerprint density at radius 3 is 2.52 bits per heavy atom. The average molecular weight is 415 g/mol. The molecule has 0 spiro atoms. The second-order valence-corrected chi connectivity index (χ2v) is 7.06. The third kappa shape index (κ3) is 4.72. The molecule has 2 aromatic carbocycles. The largest absolute Gasteiger partial charge is 0.455 e. The normalized spacial score (nSPS) is 10.6. The van der Waals surface area contributed by atoms with E-state index in [0.29, 0.717) is 22.8 Å². The Labute approximate surface area is 179 Å². The number of pyridine rings is 1. The summed E-state index contributed by atoms with van der Waals surface area (Å²) in [4.78, 5) is 28.9. The molecule has 0 atom stereocenters. The van der Waals surface area contributed by atoms with Crippen LogP contribution >= 0.6 is 0 Å². The zero-order chi connectivity index (χ0) is 21.8. The number of esters is 1. The number of hydrogen-bond donors (Lipinski definition) is 1. The number of fused-ring (bicyclic) bond motifs is 1. The van der Waals surface area contributed by atoms with Crippen LogP contribution in [0.25, 0.3) is 5.65 Å². The summed E-state index contributed by atoms with van der Waals surface area (Å²) in [5.74, 6) is -0.00147. The Balaban J connectivity index is 1.39. The van der Waals surface area contributed by atoms with E-state index in [1.807, 2.05) is 56.3 Å². The number of nitrogens with one attached hydrogen (secondary N) is 1. The fourth-order valence-electron chi connectivity index (χ4n) is 3.03. The Morgan fingerprint density at radius 1 is 0.968 bits per heavy atom. The first-order chi connectivity index (χ1) is 15.0. The molecule has 7 nitrogen and oxygen atoms in total. The quantitative estimate of drug-likeness (QED) is 0.468. The highest BCUT2D eigenvalue weighted by Gasteiger charge is 2.16. The first-order valence-electron chi connectivity index (χ1n) is 9.75. The summed E-state index contributed by atoms with van der Waals surface area (Å²) >= 11 is 0. The Hall–Kier alpha value is -4.13. The van der Waals surface area contributed by atoms with Crippen LogP contribution in [-0.4, -0.2) is 27.9 Å². The zero-order valence-electron chi connectivity index (χ0n) is 17.2. The summed E-state index contributed by atoms with van der Waals surface area (Å²) in [6.07, 6.45) is 1.59. The number of aromatic nitrogens is 2. The Bertz CT molecular complexity index is 1250. The molecule has 4 aromatic rings. The van der Waals surface area contributed by atoms with Gasteiger partial charge in [-0.15, -0.1) is 0 Å². The average Bonchev–Trinajstić information content (AvgIpc) is 3.21. The number of rotatable bonds is 6. The fraction of sp³-hybridized carbons (Fsp3) is 0.125. The van der Waals surface area contributed by atoms with E-state index in [0.717, 1.165) is 11.3 Å². The van der Waals surface area contributed by atoms with Gasteiger partial charge in [0.25, 0.3) is 5.91 Å². The number of nitrogens with zero attached hydrogens (tertiary/aromatic N) is 2. The standard InChI is InChI=1S/C24H21N3O4/c1-16-10-12-18(13-11-16)31-21-8-4-3-7-19(21)26-23(28)15-30-24(29)20-14-27-17(2)6-5-9-22(27)25-20/h3-14H,15H2,1-2H3,(H,26,28). The highest BCUT2D eigenvalue weighted by Crippen LogP contribution is 2.29. The lowest BCUT2D eigenvalue weighted by molar-refractivity contribution is -0.119. The molecule has 2 heterocycles. The van der Waals surface area contributed by atoms with E-state index in [1.165, 1.54) is 0 Å². The molecule has 4 rings (SSSR count). The lowest BCUT2D eigenvalue weighted by Gasteiger charge is -2.12. The van der Waals surface area contributed by atoms with Gasteiger partial charge in [0.05, 0.1) is 5.69 Å². The SMILES string of the molecule is Cc1ccc(Oc2ccccc2NC(=O)COC(=O)c2cn3c(C)cccc3n2)cc1. The van der Waals surface area contributed by atoms with Crippen LogP contribution in [0.15, 0.2) is 72.9 Å². The molecule has 7 heteroatoms. The minimum absolute atomic E-state index is 0.144. The van der Waals surface area contributed by atoms with Gasteiger partial charge in [-0.25, -0.2) is 9.78 Å². The molecule has 0 aliphatic rings. The molecule has 0 fully saturated rings. The molecule has 156 valence electrons. The van der Waals surface area contributed by atoms with Crippen molar-refractivity contribution in [1.82, 2.24) is 9.38 Å². The van der Waals surface area contributed by atoms with E-state index < -0.39 is 18.5 Å². The number of imidazole rings is 1. The van der Waals surface area contributed by atoms with Crippen molar-refractivity contribution in [2.75, 3.05) is 11.9 Å². The van der Waals surface area contributed by atoms with Crippen LogP contribution in [0.1, 0.15) is 21.7 Å². The number of aryl methyl sites for hydroxylation is 2. The predicted molar refractivity (Wildman–Crippen MR) is 117 cm³/mol. The van der Waals surface area contributed by atoms with Crippen molar-refractivity contribution in [2.45, 2.75) is 13.8 Å². The number of hydrogen-bond acceptors (Lipinski definition) is 5. The van der Waals surface area contributed by atoms with Crippen molar-refractivity contribution in [3.63, 3.8) is 0 Å². The molecule has 2 aromatic heterocycles. The van der Waals surface area contributed by atoms with Crippen molar-refractivity contribution in [3.05, 3.63) is 89.9 Å². The Kier molecular flexibility index (Phi) is 5.66. The highest BCUT2D eigenvalue weighted by molar-refractivity contribution is 5.96. The third-order valence-corrected chi connectivity index (χ3v) is 4.65. The van der Waals surface area contributed by atoms with E-state index in [4.69, 9.17) is 9.47 Å². The number of anilines is 1. The monoisotopic (exact) mass is 415 g/mol. The highest BCUT2D eigenvalue weighted by atomic mass is 16.5. The van der Waals surface area contributed by atoms with E-state index >= 15 is 0 Å². The van der Waals surface area contributed by atoms with Crippen molar-refractivity contribution in [1.29, 1.82) is 0 Å². The molecule has 0 saturated carbocycles. The lowest BCUT2D eigenvalue weighted by atomic mass is 10.2. The van der Waals surface area contributed by atoms with Crippen LogP contribution in [0.5, 0.6) is 11.5 Å². The smallest absolute Gasteiger partial charge is 0.359 e. The van der Waals surface area contributed by atoms with E-state index in [2.05, 4.69) is 10.3 Å². The van der Waals surface area contributed by atoms with Crippen LogP contribution < -0.4 is 10.1 Å². The molecule has 0 aliphatic carbocycles. The maximum Gasteiger partial charge on any atom is 0.359 e. The fourth-order valence-corrected chi connectivity index (χ4v) is 3.03. The molecule has 0 radical (unpaired) electrons. The number of carbonyl (C=O) groups is 2. The summed E-state index contributed by atoms with van der Waals surface area (Å²) in [5, 5.41) is 2.72. The van der Waals surface area contributed by atoms with Gasteiger partial charge in [0, 0.05) is 11.9 Å². The predicted octanol–water partition coefficient (Wildman–Crippen LogP) is 4.54. The second kappa shape index (κ2) is 8.71. The molecule has 0 saturated heterocycles. The minimum Gasteiger partial charge on any atom is -0.455 e. The van der Waals surface area contributed by atoms with E-state index in [9.17, 15) is 9.59 Å². The third-order valence-electron chi connectivity index (χ3n) is 4.65. The maximum absolute atomic E-state index is 12.4. The summed E-state index contributed by atoms with van der Waals surface area (Å²) in [6.45, 7) is 3.46. The molecule has 31 heavy (non-hydrogen) atoms. The maximum atomic E-state index is 12.4. The number of amides is 1. The van der Waals surface area contributed by atoms with Gasteiger partial charge in [-0.3, -0.25) is 4.79 Å². The van der Waals surface area contributed by atoms with E-state index in [1.54, 1.807) is 34.9 Å². The molecule has 0 aliphatic heterocycles. The van der Waals surface area contributed by atoms with Crippen molar-refractivity contribution >= 4 is 23.2 Å². The van der Waals surface area contributed by atoms with Crippen LogP contribution in [0, 0.1) is 13.8 Å². The van der Waals surface area contributed by atoms with Crippen molar-refractivity contribution in [3.8, 4) is 11.5 Å². The summed E-state index contributed by atoms with van der Waals surface area (Å²) < 4.78 is 12.8. The first-order valence-corrected chi connectivity index (χ1v) is 9.75. The molecular weight excluding hydrogens is 394 g/mol. The lowest BCUT2D eigenvalue weighted by Crippen LogP contribution is -2.21. The van der Waals surface area contributed by atoms with Crippen LogP contribution in [-0.2, 0) is 9.53 Å². The van der Waals surface area contributed by atoms with Crippen LogP contribution in [0.3, 0.4) is 0 Å². The molecule has 0 unspecified atom stereocenters. The zero-order valence-corrected chi connectivity index (χ0v) is 17.2. The van der Waals surface area contributed by atoms with E-state index in [-0.39, 0.29) is 5.69 Å². The van der Waals surface area contributed by atoms with Crippen molar-refractivity contribution in [2.24, 2.45) is 0 Å². The van der Waals surface area contributed by atoms with Gasteiger partial charge in [0.15, 0.2) is 18.1 Å². The molecule has 0 bridgehead atoms. The molecule has 1 amide bonds. The van der Waals surface area contributed by atoms with Gasteiger partial charge < -0.3 is 19.2 Å². The van der Waals surface area contributed by atoms with Gasteiger partial charge in [-0.2, -0.15) is 0 Å². The van der Waals surface area contributed by atoms with Gasteiger partial charge in [-0.1, -0.05) is 35.9 Å². The van der Waals surface area contributed by atoms with Gasteiger partial charge in [-0.05, 0) is 50.2 Å². The number of para-hydroxylation sites is 2. The van der Waals surface area contributed by atoms with Crippen molar-refractivity contribution < 1.29 is 19.1 Å². The van der Waals surface area contributed by atoms with Gasteiger partial charge in [0.2, 0.25) is 0 Å². The number of carbonyl (C=O) groups excluding carboxylic acids is 2. The molecular formula is C24H21N3O4. The summed E-state index contributed by atoms with van der Waals surface area (Å²) in [5.41, 5.74) is 3.32.